The van der Waals surface area contributed by atoms with Gasteiger partial charge in [-0.15, -0.1) is 0 Å². The van der Waals surface area contributed by atoms with Gasteiger partial charge in [0, 0.05) is 23.6 Å². The number of carbonyl (C=O) groups excluding carboxylic acids is 2. The topological polar surface area (TPSA) is 130 Å². The van der Waals surface area contributed by atoms with Crippen LogP contribution in [-0.4, -0.2) is 40.6 Å². The number of carbonyl (C=O) groups is 4. The predicted octanol–water partition coefficient (Wildman–Crippen LogP) is 6.23. The smallest absolute Gasteiger partial charge is 0.343 e. The molecule has 1 aliphatic rings. The number of hydrogen-bond donors (Lipinski definition) is 3. The second-order valence-electron chi connectivity index (χ2n) is 10.3. The number of ether oxygens (including phenoxy) is 1. The highest BCUT2D eigenvalue weighted by Gasteiger charge is 2.44. The van der Waals surface area contributed by atoms with Crippen molar-refractivity contribution >= 4 is 23.8 Å². The Balaban J connectivity index is 0.000000244. The van der Waals surface area contributed by atoms with Gasteiger partial charge in [0.05, 0.1) is 11.0 Å². The van der Waals surface area contributed by atoms with Crippen molar-refractivity contribution in [2.45, 2.75) is 33.1 Å². The third kappa shape index (κ3) is 8.70. The fraction of sp³-hybridized carbons (Fsp3) is 0.235. The Bertz CT molecular complexity index is 1550. The van der Waals surface area contributed by atoms with Gasteiger partial charge < -0.3 is 20.3 Å². The van der Waals surface area contributed by atoms with E-state index in [1.807, 2.05) is 6.07 Å². The lowest BCUT2D eigenvalue weighted by Crippen LogP contribution is -2.44. The average Bonchev–Trinajstić information content (AvgIpc) is 3.00. The van der Waals surface area contributed by atoms with Crippen molar-refractivity contribution in [3.05, 3.63) is 125 Å². The van der Waals surface area contributed by atoms with Gasteiger partial charge in [-0.1, -0.05) is 49.8 Å². The van der Waals surface area contributed by atoms with E-state index in [9.17, 15) is 38.2 Å². The monoisotopic (exact) mass is 605 g/mol. The summed E-state index contributed by atoms with van der Waals surface area (Å²) in [6.07, 6.45) is 6.68. The van der Waals surface area contributed by atoms with E-state index in [4.69, 9.17) is 4.74 Å². The van der Waals surface area contributed by atoms with E-state index < -0.39 is 41.0 Å². The Morgan fingerprint density at radius 3 is 2.20 bits per heavy atom. The molecule has 2 unspecified atom stereocenters. The van der Waals surface area contributed by atoms with Crippen LogP contribution in [0.2, 0.25) is 0 Å². The Morgan fingerprint density at radius 2 is 1.59 bits per heavy atom. The van der Waals surface area contributed by atoms with Crippen LogP contribution in [-0.2, 0) is 16.0 Å². The maximum absolute atomic E-state index is 13.3. The fourth-order valence-electron chi connectivity index (χ4n) is 4.55. The van der Waals surface area contributed by atoms with Crippen molar-refractivity contribution in [3.8, 4) is 5.75 Å². The third-order valence-corrected chi connectivity index (χ3v) is 7.14. The molecule has 230 valence electrons. The number of halogens is 2. The van der Waals surface area contributed by atoms with E-state index in [1.165, 1.54) is 55.5 Å². The molecular weight excluding hydrogens is 572 g/mol. The lowest BCUT2D eigenvalue weighted by atomic mass is 9.70. The molecule has 2 atom stereocenters. The molecular formula is C34H33F2NO7. The summed E-state index contributed by atoms with van der Waals surface area (Å²) in [6.45, 7) is 3.28. The number of carboxylic acid groups (broad SMARTS) is 2. The summed E-state index contributed by atoms with van der Waals surface area (Å²) < 4.78 is 31.5. The SMILES string of the molecule is CC1(C(=O)O)C=CC=C(C(=O)O)C1CNC(=O)c1ccc(F)cc1.CCCCc1cc(F)ccc1C(=O)Oc1ccccc1. The van der Waals surface area contributed by atoms with Crippen LogP contribution in [0.15, 0.2) is 96.6 Å². The van der Waals surface area contributed by atoms with Crippen molar-refractivity contribution < 1.29 is 42.9 Å². The van der Waals surface area contributed by atoms with Crippen LogP contribution in [0.4, 0.5) is 8.78 Å². The lowest BCUT2D eigenvalue weighted by molar-refractivity contribution is -0.147. The zero-order chi connectivity index (χ0) is 32.3. The van der Waals surface area contributed by atoms with Gasteiger partial charge in [-0.3, -0.25) is 9.59 Å². The second-order valence-corrected chi connectivity index (χ2v) is 10.3. The second kappa shape index (κ2) is 15.4. The molecule has 10 heteroatoms. The van der Waals surface area contributed by atoms with Crippen LogP contribution in [0.3, 0.4) is 0 Å². The molecule has 0 fully saturated rings. The van der Waals surface area contributed by atoms with E-state index in [0.29, 0.717) is 23.3 Å². The lowest BCUT2D eigenvalue weighted by Gasteiger charge is -2.34. The van der Waals surface area contributed by atoms with Gasteiger partial charge in [0.2, 0.25) is 0 Å². The van der Waals surface area contributed by atoms with Crippen LogP contribution in [0.25, 0.3) is 0 Å². The molecule has 0 radical (unpaired) electrons. The molecule has 0 aliphatic heterocycles. The maximum Gasteiger partial charge on any atom is 0.343 e. The Morgan fingerprint density at radius 1 is 0.932 bits per heavy atom. The number of benzene rings is 3. The first kappa shape index (κ1) is 33.4. The van der Waals surface area contributed by atoms with Crippen molar-refractivity contribution in [1.29, 1.82) is 0 Å². The molecule has 3 aromatic carbocycles. The van der Waals surface area contributed by atoms with Gasteiger partial charge in [-0.05, 0) is 79.9 Å². The van der Waals surface area contributed by atoms with Crippen LogP contribution in [0.5, 0.6) is 5.75 Å². The fourth-order valence-corrected chi connectivity index (χ4v) is 4.55. The first-order valence-electron chi connectivity index (χ1n) is 13.9. The number of carboxylic acids is 2. The van der Waals surface area contributed by atoms with E-state index in [1.54, 1.807) is 24.3 Å². The number of rotatable bonds is 10. The molecule has 0 bridgehead atoms. The molecule has 0 aromatic heterocycles. The number of nitrogens with one attached hydrogen (secondary N) is 1. The molecule has 1 aliphatic carbocycles. The summed E-state index contributed by atoms with van der Waals surface area (Å²) in [4.78, 5) is 47.2. The van der Waals surface area contributed by atoms with E-state index >= 15 is 0 Å². The number of aryl methyl sites for hydroxylation is 1. The van der Waals surface area contributed by atoms with Crippen molar-refractivity contribution in [1.82, 2.24) is 5.32 Å². The average molecular weight is 606 g/mol. The minimum Gasteiger partial charge on any atom is -0.481 e. The molecule has 1 amide bonds. The van der Waals surface area contributed by atoms with Crippen LogP contribution >= 0.6 is 0 Å². The van der Waals surface area contributed by atoms with Gasteiger partial charge in [-0.25, -0.2) is 18.4 Å². The first-order valence-corrected chi connectivity index (χ1v) is 13.9. The summed E-state index contributed by atoms with van der Waals surface area (Å²) in [5, 5.41) is 21.3. The van der Waals surface area contributed by atoms with Crippen LogP contribution in [0.1, 0.15) is 53.0 Å². The largest absolute Gasteiger partial charge is 0.481 e. The summed E-state index contributed by atoms with van der Waals surface area (Å²) in [6, 6.07) is 17.9. The Hall–Kier alpha value is -5.12. The van der Waals surface area contributed by atoms with Crippen LogP contribution in [0, 0.1) is 23.0 Å². The van der Waals surface area contributed by atoms with Gasteiger partial charge in [0.15, 0.2) is 0 Å². The van der Waals surface area contributed by atoms with Gasteiger partial charge >= 0.3 is 17.9 Å². The molecule has 0 heterocycles. The minimum atomic E-state index is -1.46. The molecule has 0 spiro atoms. The van der Waals surface area contributed by atoms with E-state index in [0.717, 1.165) is 25.0 Å². The highest BCUT2D eigenvalue weighted by atomic mass is 19.1. The molecule has 8 nitrogen and oxygen atoms in total. The minimum absolute atomic E-state index is 0.0955. The quantitative estimate of drug-likeness (QED) is 0.185. The van der Waals surface area contributed by atoms with Crippen molar-refractivity contribution in [3.63, 3.8) is 0 Å². The van der Waals surface area contributed by atoms with Crippen LogP contribution < -0.4 is 10.1 Å². The summed E-state index contributed by atoms with van der Waals surface area (Å²) in [7, 11) is 0. The summed E-state index contributed by atoms with van der Waals surface area (Å²) >= 11 is 0. The molecule has 3 aromatic rings. The zero-order valence-electron chi connectivity index (χ0n) is 24.3. The van der Waals surface area contributed by atoms with Gasteiger partial charge in [0.25, 0.3) is 5.91 Å². The van der Waals surface area contributed by atoms with Crippen molar-refractivity contribution in [2.75, 3.05) is 6.54 Å². The molecule has 0 saturated carbocycles. The standard InChI is InChI=1S/C17H16FNO5.C17H17FO2/c1-17(16(23)24)8-2-3-12(15(21)22)13(17)9-19-14(20)10-4-6-11(18)7-5-10;1-2-3-7-13-12-14(18)10-11-16(13)17(19)20-15-8-5-4-6-9-15/h2-8,13H,9H2,1H3,(H,19,20)(H,21,22)(H,23,24);4-6,8-12H,2-3,7H2,1H3. The number of para-hydroxylation sites is 1. The Labute approximate surface area is 253 Å². The molecule has 4 rings (SSSR count). The zero-order valence-corrected chi connectivity index (χ0v) is 24.3. The highest BCUT2D eigenvalue weighted by molar-refractivity contribution is 5.95. The number of unbranched alkanes of at least 4 members (excludes halogenated alkanes) is 1. The number of hydrogen-bond acceptors (Lipinski definition) is 5. The summed E-state index contributed by atoms with van der Waals surface area (Å²) in [5.41, 5.74) is -0.225. The maximum atomic E-state index is 13.3. The molecule has 44 heavy (non-hydrogen) atoms. The summed E-state index contributed by atoms with van der Waals surface area (Å²) in [5.74, 6) is -4.68. The first-order chi connectivity index (χ1) is 21.0. The van der Waals surface area contributed by atoms with Gasteiger partial charge in [-0.2, -0.15) is 0 Å². The number of aliphatic carboxylic acids is 2. The van der Waals surface area contributed by atoms with Gasteiger partial charge in [0.1, 0.15) is 17.4 Å². The number of esters is 1. The molecule has 3 N–H and O–H groups in total. The molecule has 0 saturated heterocycles. The van der Waals surface area contributed by atoms with E-state index in [-0.39, 0.29) is 23.5 Å². The predicted molar refractivity (Wildman–Crippen MR) is 159 cm³/mol. The van der Waals surface area contributed by atoms with E-state index in [2.05, 4.69) is 12.2 Å². The Kier molecular flexibility index (Phi) is 11.7. The number of amides is 1. The number of allylic oxidation sites excluding steroid dienone is 2. The normalized spacial score (nSPS) is 17.0. The highest BCUT2D eigenvalue weighted by Crippen LogP contribution is 2.37. The third-order valence-electron chi connectivity index (χ3n) is 7.14. The van der Waals surface area contributed by atoms with Crippen molar-refractivity contribution in [2.24, 2.45) is 11.3 Å².